The van der Waals surface area contributed by atoms with Gasteiger partial charge in [-0.1, -0.05) is 0 Å². The third-order valence-corrected chi connectivity index (χ3v) is 5.15. The second-order valence-corrected chi connectivity index (χ2v) is 6.71. The van der Waals surface area contributed by atoms with E-state index < -0.39 is 0 Å². The number of fused-ring (bicyclic) bond motifs is 1. The van der Waals surface area contributed by atoms with Crippen LogP contribution in [0.15, 0.2) is 24.8 Å². The molecule has 0 amide bonds. The van der Waals surface area contributed by atoms with Gasteiger partial charge in [-0.3, -0.25) is 5.10 Å². The number of piperazine rings is 1. The first-order valence-corrected chi connectivity index (χ1v) is 9.10. The lowest BCUT2D eigenvalue weighted by Gasteiger charge is -2.35. The van der Waals surface area contributed by atoms with Crippen molar-refractivity contribution in [3.8, 4) is 0 Å². The number of hydrogen-bond donors (Lipinski definition) is 1. The van der Waals surface area contributed by atoms with Gasteiger partial charge in [0.05, 0.1) is 11.6 Å². The molecule has 2 aliphatic rings. The number of H-pyrrole nitrogens is 1. The number of aromatic amines is 1. The highest BCUT2D eigenvalue weighted by Crippen LogP contribution is 2.24. The second-order valence-electron chi connectivity index (χ2n) is 6.71. The van der Waals surface area contributed by atoms with Gasteiger partial charge in [-0.15, -0.1) is 0 Å². The van der Waals surface area contributed by atoms with Gasteiger partial charge in [-0.25, -0.2) is 15.0 Å². The molecule has 3 aromatic heterocycles. The van der Waals surface area contributed by atoms with Gasteiger partial charge in [0, 0.05) is 45.5 Å². The summed E-state index contributed by atoms with van der Waals surface area (Å²) < 4.78 is 0. The minimum absolute atomic E-state index is 0.777. The van der Waals surface area contributed by atoms with Gasteiger partial charge in [-0.2, -0.15) is 10.1 Å². The number of anilines is 3. The van der Waals surface area contributed by atoms with Crippen molar-refractivity contribution in [2.45, 2.75) is 12.8 Å². The average Bonchev–Trinajstić information content (AvgIpc) is 3.40. The molecule has 1 N–H and O–H groups in total. The van der Waals surface area contributed by atoms with Crippen molar-refractivity contribution in [3.05, 3.63) is 24.8 Å². The topological polar surface area (TPSA) is 90.0 Å². The molecule has 2 saturated heterocycles. The minimum atomic E-state index is 0.777. The van der Waals surface area contributed by atoms with Crippen LogP contribution in [0, 0.1) is 0 Å². The number of nitrogens with zero attached hydrogens (tertiary/aromatic N) is 8. The van der Waals surface area contributed by atoms with E-state index in [9.17, 15) is 0 Å². The number of nitrogens with one attached hydrogen (secondary N) is 1. The highest BCUT2D eigenvalue weighted by Gasteiger charge is 2.23. The quantitative estimate of drug-likeness (QED) is 0.749. The van der Waals surface area contributed by atoms with Crippen LogP contribution in [-0.2, 0) is 0 Å². The molecule has 2 fully saturated rings. The Morgan fingerprint density at radius 3 is 2.50 bits per heavy atom. The Kier molecular flexibility index (Phi) is 3.76. The third kappa shape index (κ3) is 2.69. The molecule has 5 rings (SSSR count). The molecule has 0 saturated carbocycles. The van der Waals surface area contributed by atoms with Crippen LogP contribution in [0.25, 0.3) is 11.0 Å². The van der Waals surface area contributed by atoms with E-state index in [0.29, 0.717) is 0 Å². The molecule has 134 valence electrons. The molecule has 3 aromatic rings. The zero-order chi connectivity index (χ0) is 17.3. The summed E-state index contributed by atoms with van der Waals surface area (Å²) in [5.74, 6) is 2.81. The Morgan fingerprint density at radius 1 is 0.846 bits per heavy atom. The van der Waals surface area contributed by atoms with Crippen LogP contribution in [0.3, 0.4) is 0 Å². The molecule has 9 heteroatoms. The standard InChI is InChI=1S/C17H21N9/c1-2-6-24(5-1)14-3-4-18-17(22-14)26-9-7-25(8-10-26)16-13-11-21-23-15(13)19-12-20-16/h3-4,11-12H,1-2,5-10H2,(H,19,20,21,23). The van der Waals surface area contributed by atoms with E-state index in [0.717, 1.165) is 67.9 Å². The molecule has 2 aliphatic heterocycles. The molecule has 26 heavy (non-hydrogen) atoms. The van der Waals surface area contributed by atoms with Crippen molar-refractivity contribution in [3.63, 3.8) is 0 Å². The van der Waals surface area contributed by atoms with E-state index >= 15 is 0 Å². The van der Waals surface area contributed by atoms with Gasteiger partial charge >= 0.3 is 0 Å². The fraction of sp³-hybridized carbons (Fsp3) is 0.471. The molecule has 0 radical (unpaired) electrons. The maximum absolute atomic E-state index is 4.80. The van der Waals surface area contributed by atoms with Gasteiger partial charge in [0.15, 0.2) is 5.65 Å². The fourth-order valence-electron chi connectivity index (χ4n) is 3.74. The maximum atomic E-state index is 4.80. The minimum Gasteiger partial charge on any atom is -0.356 e. The normalized spacial score (nSPS) is 18.1. The van der Waals surface area contributed by atoms with Crippen LogP contribution in [-0.4, -0.2) is 69.4 Å². The van der Waals surface area contributed by atoms with E-state index in [1.54, 1.807) is 12.5 Å². The van der Waals surface area contributed by atoms with Crippen molar-refractivity contribution >= 4 is 28.6 Å². The zero-order valence-electron chi connectivity index (χ0n) is 14.5. The Hall–Kier alpha value is -2.97. The van der Waals surface area contributed by atoms with Crippen molar-refractivity contribution in [2.24, 2.45) is 0 Å². The number of aromatic nitrogens is 6. The first kappa shape index (κ1) is 15.3. The summed E-state index contributed by atoms with van der Waals surface area (Å²) in [5.41, 5.74) is 0.777. The average molecular weight is 351 g/mol. The van der Waals surface area contributed by atoms with Gasteiger partial charge in [-0.05, 0) is 18.9 Å². The molecular weight excluding hydrogens is 330 g/mol. The highest BCUT2D eigenvalue weighted by atomic mass is 15.3. The monoisotopic (exact) mass is 351 g/mol. The first-order valence-electron chi connectivity index (χ1n) is 9.10. The molecule has 0 spiro atoms. The van der Waals surface area contributed by atoms with Crippen molar-refractivity contribution in [2.75, 3.05) is 54.0 Å². The number of rotatable bonds is 3. The Labute approximate surface area is 151 Å². The summed E-state index contributed by atoms with van der Waals surface area (Å²) in [5, 5.41) is 7.95. The summed E-state index contributed by atoms with van der Waals surface area (Å²) in [6.45, 7) is 5.67. The van der Waals surface area contributed by atoms with Gasteiger partial charge in [0.1, 0.15) is 18.0 Å². The van der Waals surface area contributed by atoms with Crippen molar-refractivity contribution in [1.29, 1.82) is 0 Å². The lowest BCUT2D eigenvalue weighted by atomic mass is 10.3. The van der Waals surface area contributed by atoms with E-state index in [-0.39, 0.29) is 0 Å². The third-order valence-electron chi connectivity index (χ3n) is 5.15. The summed E-state index contributed by atoms with van der Waals surface area (Å²) in [4.78, 5) is 24.9. The van der Waals surface area contributed by atoms with Crippen LogP contribution < -0.4 is 14.7 Å². The SMILES string of the molecule is c1cc(N2CCCC2)nc(N2CCN(c3ncnc4[nH]ncc34)CC2)n1. The Bertz CT molecular complexity index is 894. The summed E-state index contributed by atoms with van der Waals surface area (Å²) in [7, 11) is 0. The van der Waals surface area contributed by atoms with Crippen LogP contribution in [0.5, 0.6) is 0 Å². The van der Waals surface area contributed by atoms with Gasteiger partial charge < -0.3 is 14.7 Å². The molecular formula is C17H21N9. The molecule has 0 aromatic carbocycles. The van der Waals surface area contributed by atoms with Crippen LogP contribution >= 0.6 is 0 Å². The Morgan fingerprint density at radius 2 is 1.65 bits per heavy atom. The lowest BCUT2D eigenvalue weighted by molar-refractivity contribution is 0.635. The predicted molar refractivity (Wildman–Crippen MR) is 99.6 cm³/mol. The van der Waals surface area contributed by atoms with E-state index in [1.165, 1.54) is 12.8 Å². The molecule has 5 heterocycles. The molecule has 9 nitrogen and oxygen atoms in total. The first-order chi connectivity index (χ1) is 12.9. The molecule has 0 bridgehead atoms. The van der Waals surface area contributed by atoms with E-state index in [2.05, 4.69) is 39.8 Å². The van der Waals surface area contributed by atoms with E-state index in [1.807, 2.05) is 12.3 Å². The Balaban J connectivity index is 1.31. The largest absolute Gasteiger partial charge is 0.356 e. The highest BCUT2D eigenvalue weighted by molar-refractivity contribution is 5.86. The number of hydrogen-bond acceptors (Lipinski definition) is 8. The lowest BCUT2D eigenvalue weighted by Crippen LogP contribution is -2.47. The summed E-state index contributed by atoms with van der Waals surface area (Å²) in [6.07, 6.45) is 7.76. The summed E-state index contributed by atoms with van der Waals surface area (Å²) >= 11 is 0. The fourth-order valence-corrected chi connectivity index (χ4v) is 3.74. The van der Waals surface area contributed by atoms with Crippen molar-refractivity contribution < 1.29 is 0 Å². The van der Waals surface area contributed by atoms with Crippen LogP contribution in [0.4, 0.5) is 17.6 Å². The smallest absolute Gasteiger partial charge is 0.227 e. The van der Waals surface area contributed by atoms with Crippen LogP contribution in [0.2, 0.25) is 0 Å². The molecule has 0 aliphatic carbocycles. The summed E-state index contributed by atoms with van der Waals surface area (Å²) in [6, 6.07) is 2.02. The predicted octanol–water partition coefficient (Wildman–Crippen LogP) is 1.07. The van der Waals surface area contributed by atoms with Crippen molar-refractivity contribution in [1.82, 2.24) is 30.1 Å². The second kappa shape index (κ2) is 6.40. The maximum Gasteiger partial charge on any atom is 0.227 e. The zero-order valence-corrected chi connectivity index (χ0v) is 14.5. The van der Waals surface area contributed by atoms with Gasteiger partial charge in [0.25, 0.3) is 0 Å². The van der Waals surface area contributed by atoms with E-state index in [4.69, 9.17) is 4.98 Å². The molecule has 0 unspecified atom stereocenters. The van der Waals surface area contributed by atoms with Gasteiger partial charge in [0.2, 0.25) is 5.95 Å². The molecule has 0 atom stereocenters. The van der Waals surface area contributed by atoms with Crippen LogP contribution in [0.1, 0.15) is 12.8 Å².